The molecule has 5 aromatic carbocycles. The molecule has 2 aromatic heterocycles. The van der Waals surface area contributed by atoms with E-state index in [0.29, 0.717) is 19.0 Å². The van der Waals surface area contributed by atoms with Crippen LogP contribution < -0.4 is 0 Å². The van der Waals surface area contributed by atoms with Gasteiger partial charge < -0.3 is 9.30 Å². The van der Waals surface area contributed by atoms with Crippen LogP contribution in [0.25, 0.3) is 28.1 Å². The number of allylic oxidation sites excluding steroid dienone is 1. The number of aryl methyl sites for hydroxylation is 1. The van der Waals surface area contributed by atoms with Gasteiger partial charge in [-0.1, -0.05) is 146 Å². The van der Waals surface area contributed by atoms with E-state index in [2.05, 4.69) is 127 Å². The summed E-state index contributed by atoms with van der Waals surface area (Å²) < 4.78 is 7.66. The summed E-state index contributed by atoms with van der Waals surface area (Å²) in [5.74, 6) is 1.32. The Morgan fingerprint density at radius 1 is 0.732 bits per heavy atom. The molecule has 7 aromatic rings. The maximum absolute atomic E-state index is 12.5. The number of hydrogen-bond donors (Lipinski definition) is 0. The molecule has 0 bridgehead atoms. The van der Waals surface area contributed by atoms with E-state index in [0.717, 1.165) is 89.0 Å². The molecule has 0 saturated heterocycles. The van der Waals surface area contributed by atoms with Crippen LogP contribution in [0, 0.1) is 0 Å². The molecular formula is C48H46N6O2. The van der Waals surface area contributed by atoms with Gasteiger partial charge in [0.2, 0.25) is 5.82 Å². The third kappa shape index (κ3) is 7.10. The van der Waals surface area contributed by atoms with E-state index < -0.39 is 5.54 Å². The first-order chi connectivity index (χ1) is 27.6. The number of carbonyl (C=O) groups excluding carboxylic acids is 1. The van der Waals surface area contributed by atoms with Crippen molar-refractivity contribution in [2.24, 2.45) is 0 Å². The Balaban J connectivity index is 1.15. The lowest BCUT2D eigenvalue weighted by molar-refractivity contribution is -0.137. The van der Waals surface area contributed by atoms with Gasteiger partial charge in [-0.25, -0.2) is 9.78 Å². The van der Waals surface area contributed by atoms with E-state index in [1.807, 2.05) is 31.2 Å². The topological polar surface area (TPSA) is 87.7 Å². The molecule has 0 atom stereocenters. The van der Waals surface area contributed by atoms with Crippen LogP contribution in [0.1, 0.15) is 79.0 Å². The molecule has 0 fully saturated rings. The maximum Gasteiger partial charge on any atom is 0.331 e. The van der Waals surface area contributed by atoms with Gasteiger partial charge >= 0.3 is 5.97 Å². The van der Waals surface area contributed by atoms with E-state index in [4.69, 9.17) is 25.1 Å². The Bertz CT molecular complexity index is 2340. The summed E-state index contributed by atoms with van der Waals surface area (Å²) >= 11 is 0. The summed E-state index contributed by atoms with van der Waals surface area (Å²) in [6, 6.07) is 48.2. The zero-order valence-electron chi connectivity index (χ0n) is 32.0. The number of hydrogen-bond acceptors (Lipinski definition) is 6. The summed E-state index contributed by atoms with van der Waals surface area (Å²) in [6.07, 6.45) is 7.37. The van der Waals surface area contributed by atoms with Crippen LogP contribution in [0.4, 0.5) is 0 Å². The number of benzene rings is 5. The largest absolute Gasteiger partial charge is 0.463 e. The van der Waals surface area contributed by atoms with Crippen LogP contribution in [0.2, 0.25) is 0 Å². The number of esters is 1. The first-order valence-electron chi connectivity index (χ1n) is 19.7. The molecule has 0 radical (unpaired) electrons. The normalized spacial score (nSPS) is 13.6. The van der Waals surface area contributed by atoms with Crippen molar-refractivity contribution < 1.29 is 9.53 Å². The maximum atomic E-state index is 12.5. The smallest absolute Gasteiger partial charge is 0.331 e. The minimum Gasteiger partial charge on any atom is -0.463 e. The molecule has 8 rings (SSSR count). The summed E-state index contributed by atoms with van der Waals surface area (Å²) in [6.45, 7) is 5.09. The molecule has 0 spiro atoms. The highest BCUT2D eigenvalue weighted by Crippen LogP contribution is 2.40. The average Bonchev–Trinajstić information content (AvgIpc) is 3.81. The van der Waals surface area contributed by atoms with Crippen molar-refractivity contribution in [2.45, 2.75) is 64.5 Å². The molecule has 2 heterocycles. The molecule has 8 heteroatoms. The summed E-state index contributed by atoms with van der Waals surface area (Å²) in [4.78, 5) is 19.4. The number of carbonyl (C=O) groups is 1. The van der Waals surface area contributed by atoms with Crippen LogP contribution >= 0.6 is 0 Å². The molecule has 0 aliphatic heterocycles. The highest BCUT2D eigenvalue weighted by molar-refractivity contribution is 5.91. The van der Waals surface area contributed by atoms with Crippen molar-refractivity contribution >= 4 is 11.5 Å². The van der Waals surface area contributed by atoms with Gasteiger partial charge in [0.1, 0.15) is 5.82 Å². The lowest BCUT2D eigenvalue weighted by Crippen LogP contribution is -2.39. The van der Waals surface area contributed by atoms with Gasteiger partial charge in [-0.2, -0.15) is 0 Å². The van der Waals surface area contributed by atoms with Crippen molar-refractivity contribution in [3.05, 3.63) is 185 Å². The molecule has 0 amide bonds. The van der Waals surface area contributed by atoms with Crippen molar-refractivity contribution in [1.82, 2.24) is 29.8 Å². The second kappa shape index (κ2) is 16.5. The van der Waals surface area contributed by atoms with Crippen molar-refractivity contribution in [2.75, 3.05) is 6.61 Å². The highest BCUT2D eigenvalue weighted by atomic mass is 16.5. The zero-order chi connectivity index (χ0) is 38.3. The Kier molecular flexibility index (Phi) is 10.8. The van der Waals surface area contributed by atoms with E-state index in [1.54, 1.807) is 10.9 Å². The minimum atomic E-state index is -0.858. The van der Waals surface area contributed by atoms with Crippen LogP contribution in [0.5, 0.6) is 0 Å². The number of aromatic nitrogens is 6. The highest BCUT2D eigenvalue weighted by Gasteiger charge is 2.41. The number of fused-ring (bicyclic) bond motifs is 1. The third-order valence-electron chi connectivity index (χ3n) is 10.7. The van der Waals surface area contributed by atoms with Crippen molar-refractivity contribution in [1.29, 1.82) is 0 Å². The van der Waals surface area contributed by atoms with Gasteiger partial charge in [-0.05, 0) is 83.2 Å². The van der Waals surface area contributed by atoms with Crippen LogP contribution in [0.3, 0.4) is 0 Å². The number of nitrogens with zero attached hydrogens (tertiary/aromatic N) is 6. The average molecular weight is 739 g/mol. The molecule has 280 valence electrons. The first-order valence-corrected chi connectivity index (χ1v) is 19.7. The minimum absolute atomic E-state index is 0.293. The SMILES string of the molecule is CCCc1nc2c(n1Cc1ccc(-c3ccccc3-c3nnn(C(c4ccccc4)(c4ccccc4)c4ccccc4)n3)cc1)CCCCC2=CC(=O)OCC. The summed E-state index contributed by atoms with van der Waals surface area (Å²) in [7, 11) is 0. The van der Waals surface area contributed by atoms with Gasteiger partial charge in [0.05, 0.1) is 12.3 Å². The summed E-state index contributed by atoms with van der Waals surface area (Å²) in [5.41, 5.74) is 9.59. The van der Waals surface area contributed by atoms with Gasteiger partial charge in [-0.3, -0.25) is 0 Å². The quantitative estimate of drug-likeness (QED) is 0.0537. The van der Waals surface area contributed by atoms with Crippen LogP contribution in [0.15, 0.2) is 146 Å². The standard InChI is InChI=1S/C48H46N6O2/c1-3-18-44-49-46-37(33-45(55)56-4-2)19-14-17-28-43(46)53(44)34-35-29-31-36(32-30-35)41-26-15-16-27-42(41)47-50-52-54(51-47)48(38-20-8-5-9-21-38,39-22-10-6-11-23-39)40-24-12-7-13-25-40/h5-13,15-16,20-27,29-33H,3-4,14,17-19,28,34H2,1-2H3. The van der Waals surface area contributed by atoms with Crippen LogP contribution in [-0.2, 0) is 34.5 Å². The molecule has 1 aliphatic carbocycles. The van der Waals surface area contributed by atoms with Crippen LogP contribution in [-0.4, -0.2) is 42.3 Å². The molecule has 0 unspecified atom stereocenters. The van der Waals surface area contributed by atoms with Gasteiger partial charge in [0.25, 0.3) is 0 Å². The summed E-state index contributed by atoms with van der Waals surface area (Å²) in [5, 5.41) is 14.7. The third-order valence-corrected chi connectivity index (χ3v) is 10.7. The van der Waals surface area contributed by atoms with E-state index in [-0.39, 0.29) is 5.97 Å². The van der Waals surface area contributed by atoms with E-state index in [9.17, 15) is 4.79 Å². The predicted octanol–water partition coefficient (Wildman–Crippen LogP) is 9.72. The first kappa shape index (κ1) is 36.6. The lowest BCUT2D eigenvalue weighted by Gasteiger charge is -2.34. The fraction of sp³-hybridized carbons (Fsp3) is 0.229. The number of rotatable bonds is 12. The monoisotopic (exact) mass is 738 g/mol. The Labute approximate surface area is 328 Å². The molecule has 1 aliphatic rings. The fourth-order valence-corrected chi connectivity index (χ4v) is 8.09. The van der Waals surface area contributed by atoms with E-state index in [1.165, 1.54) is 11.3 Å². The molecule has 0 saturated carbocycles. The van der Waals surface area contributed by atoms with Gasteiger partial charge in [0.15, 0.2) is 5.54 Å². The zero-order valence-corrected chi connectivity index (χ0v) is 32.0. The number of ether oxygens (including phenoxy) is 1. The van der Waals surface area contributed by atoms with Crippen molar-refractivity contribution in [3.8, 4) is 22.5 Å². The Hall–Kier alpha value is -6.41. The molecular weight excluding hydrogens is 693 g/mol. The molecule has 8 nitrogen and oxygen atoms in total. The molecule has 56 heavy (non-hydrogen) atoms. The second-order valence-corrected chi connectivity index (χ2v) is 14.2. The van der Waals surface area contributed by atoms with E-state index >= 15 is 0 Å². The molecule has 0 N–H and O–H groups in total. The van der Waals surface area contributed by atoms with Crippen molar-refractivity contribution in [3.63, 3.8) is 0 Å². The fourth-order valence-electron chi connectivity index (χ4n) is 8.09. The Morgan fingerprint density at radius 2 is 1.32 bits per heavy atom. The second-order valence-electron chi connectivity index (χ2n) is 14.2. The Morgan fingerprint density at radius 3 is 1.93 bits per heavy atom. The predicted molar refractivity (Wildman–Crippen MR) is 221 cm³/mol. The van der Waals surface area contributed by atoms with Gasteiger partial charge in [-0.15, -0.1) is 15.0 Å². The number of tetrazole rings is 1. The van der Waals surface area contributed by atoms with Gasteiger partial charge in [0, 0.05) is 30.3 Å². The lowest BCUT2D eigenvalue weighted by atomic mass is 9.77. The number of imidazole rings is 1.